The van der Waals surface area contributed by atoms with Crippen LogP contribution in [0.5, 0.6) is 5.75 Å². The first-order chi connectivity index (χ1) is 14.0. The third-order valence-electron chi connectivity index (χ3n) is 5.16. The Labute approximate surface area is 171 Å². The van der Waals surface area contributed by atoms with Gasteiger partial charge in [-0.15, -0.1) is 0 Å². The zero-order valence-corrected chi connectivity index (χ0v) is 17.5. The van der Waals surface area contributed by atoms with Gasteiger partial charge < -0.3 is 19.9 Å². The number of hydrogen-bond donors (Lipinski definition) is 2. The van der Waals surface area contributed by atoms with E-state index in [-0.39, 0.29) is 11.8 Å². The van der Waals surface area contributed by atoms with Crippen LogP contribution in [0.15, 0.2) is 24.3 Å². The normalized spacial score (nSPS) is 13.1. The molecule has 0 spiro atoms. The number of imidazole rings is 1. The summed E-state index contributed by atoms with van der Waals surface area (Å²) in [7, 11) is 1.62. The van der Waals surface area contributed by atoms with E-state index in [0.29, 0.717) is 30.5 Å². The molecule has 2 amide bonds. The van der Waals surface area contributed by atoms with Crippen molar-refractivity contribution in [1.82, 2.24) is 20.2 Å². The molecule has 0 unspecified atom stereocenters. The van der Waals surface area contributed by atoms with E-state index in [4.69, 9.17) is 4.74 Å². The summed E-state index contributed by atoms with van der Waals surface area (Å²) in [5.41, 5.74) is 2.20. The van der Waals surface area contributed by atoms with E-state index in [1.54, 1.807) is 7.11 Å². The van der Waals surface area contributed by atoms with Gasteiger partial charge in [0.15, 0.2) is 5.82 Å². The predicted molar refractivity (Wildman–Crippen MR) is 111 cm³/mol. The molecule has 0 radical (unpaired) electrons. The Morgan fingerprint density at radius 2 is 1.90 bits per heavy atom. The van der Waals surface area contributed by atoms with E-state index in [1.165, 1.54) is 0 Å². The summed E-state index contributed by atoms with van der Waals surface area (Å²) < 4.78 is 7.07. The molecule has 156 valence electrons. The quantitative estimate of drug-likeness (QED) is 0.716. The molecular formula is C22H30N4O3. The Morgan fingerprint density at radius 1 is 1.14 bits per heavy atom. The molecule has 29 heavy (non-hydrogen) atoms. The van der Waals surface area contributed by atoms with E-state index < -0.39 is 0 Å². The number of carbonyl (C=O) groups excluding carboxylic acids is 2. The summed E-state index contributed by atoms with van der Waals surface area (Å²) in [4.78, 5) is 29.9. The lowest BCUT2D eigenvalue weighted by molar-refractivity contribution is 0.0936. The van der Waals surface area contributed by atoms with E-state index in [0.717, 1.165) is 49.2 Å². The van der Waals surface area contributed by atoms with E-state index in [1.807, 2.05) is 28.8 Å². The fraction of sp³-hybridized carbons (Fsp3) is 0.500. The van der Waals surface area contributed by atoms with Crippen molar-refractivity contribution in [3.8, 4) is 5.75 Å². The number of rotatable bonds is 8. The molecule has 2 N–H and O–H groups in total. The van der Waals surface area contributed by atoms with Crippen molar-refractivity contribution in [3.05, 3.63) is 47.0 Å². The molecule has 0 fully saturated rings. The highest BCUT2D eigenvalue weighted by molar-refractivity contribution is 5.97. The Kier molecular flexibility index (Phi) is 6.90. The number of ether oxygens (including phenoxy) is 1. The van der Waals surface area contributed by atoms with Crippen LogP contribution in [-0.4, -0.2) is 35.0 Å². The summed E-state index contributed by atoms with van der Waals surface area (Å²) in [5.74, 6) is 1.19. The number of nitrogens with one attached hydrogen (secondary N) is 2. The summed E-state index contributed by atoms with van der Waals surface area (Å²) in [6, 6.07) is 7.55. The predicted octanol–water partition coefficient (Wildman–Crippen LogP) is 2.93. The lowest BCUT2D eigenvalue weighted by Crippen LogP contribution is -2.29. The van der Waals surface area contributed by atoms with E-state index in [9.17, 15) is 9.59 Å². The molecule has 0 bridgehead atoms. The van der Waals surface area contributed by atoms with Crippen molar-refractivity contribution >= 4 is 11.8 Å². The van der Waals surface area contributed by atoms with Crippen LogP contribution in [0.1, 0.15) is 65.5 Å². The molecule has 0 saturated carbocycles. The van der Waals surface area contributed by atoms with Gasteiger partial charge in [-0.25, -0.2) is 4.98 Å². The second kappa shape index (κ2) is 9.58. The van der Waals surface area contributed by atoms with Gasteiger partial charge in [0.05, 0.1) is 12.8 Å². The lowest BCUT2D eigenvalue weighted by atomic mass is 10.1. The average molecular weight is 399 g/mol. The highest BCUT2D eigenvalue weighted by atomic mass is 16.5. The van der Waals surface area contributed by atoms with Gasteiger partial charge in [-0.1, -0.05) is 26.0 Å². The van der Waals surface area contributed by atoms with Gasteiger partial charge in [0.1, 0.15) is 11.4 Å². The van der Waals surface area contributed by atoms with Gasteiger partial charge >= 0.3 is 0 Å². The van der Waals surface area contributed by atoms with Crippen LogP contribution in [0.2, 0.25) is 0 Å². The number of methoxy groups -OCH3 is 1. The third kappa shape index (κ3) is 5.16. The SMILES string of the molecule is COc1ccc(CNC(=O)c2nc(C(=O)NCCC(C)C)n3c2CCCC3)cc1. The Balaban J connectivity index is 1.71. The molecule has 0 atom stereocenters. The number of benzene rings is 1. The second-order valence-electron chi connectivity index (χ2n) is 7.81. The molecular weight excluding hydrogens is 368 g/mol. The summed E-state index contributed by atoms with van der Waals surface area (Å²) in [6.45, 7) is 5.97. The maximum absolute atomic E-state index is 12.8. The number of hydrogen-bond acceptors (Lipinski definition) is 4. The molecule has 1 aliphatic rings. The minimum atomic E-state index is -0.243. The molecule has 3 rings (SSSR count). The Bertz CT molecular complexity index is 856. The van der Waals surface area contributed by atoms with Crippen molar-refractivity contribution in [3.63, 3.8) is 0 Å². The van der Waals surface area contributed by atoms with E-state index >= 15 is 0 Å². The largest absolute Gasteiger partial charge is 0.497 e. The highest BCUT2D eigenvalue weighted by Crippen LogP contribution is 2.21. The standard InChI is InChI=1S/C22H30N4O3/c1-15(2)11-12-23-22(28)20-25-19(18-6-4-5-13-26(18)20)21(27)24-14-16-7-9-17(29-3)10-8-16/h7-10,15H,4-6,11-14H2,1-3H3,(H,23,28)(H,24,27). The van der Waals surface area contributed by atoms with Crippen LogP contribution in [-0.2, 0) is 19.5 Å². The molecule has 1 aromatic heterocycles. The van der Waals surface area contributed by atoms with Crippen LogP contribution >= 0.6 is 0 Å². The summed E-state index contributed by atoms with van der Waals surface area (Å²) in [5, 5.41) is 5.86. The van der Waals surface area contributed by atoms with Crippen LogP contribution in [0.25, 0.3) is 0 Å². The molecule has 2 heterocycles. The number of fused-ring (bicyclic) bond motifs is 1. The van der Waals surface area contributed by atoms with Gasteiger partial charge in [-0.3, -0.25) is 9.59 Å². The first-order valence-corrected chi connectivity index (χ1v) is 10.3. The maximum atomic E-state index is 12.8. The average Bonchev–Trinajstić information content (AvgIpc) is 3.12. The van der Waals surface area contributed by atoms with Crippen molar-refractivity contribution in [2.45, 2.75) is 52.6 Å². The molecule has 1 aliphatic heterocycles. The zero-order valence-electron chi connectivity index (χ0n) is 17.5. The van der Waals surface area contributed by atoms with Crippen LogP contribution in [0, 0.1) is 5.92 Å². The highest BCUT2D eigenvalue weighted by Gasteiger charge is 2.27. The molecule has 0 aliphatic carbocycles. The van der Waals surface area contributed by atoms with Crippen LogP contribution in [0.3, 0.4) is 0 Å². The van der Waals surface area contributed by atoms with Gasteiger partial charge in [0.2, 0.25) is 0 Å². The topological polar surface area (TPSA) is 85.2 Å². The molecule has 0 saturated heterocycles. The Hall–Kier alpha value is -2.83. The van der Waals surface area contributed by atoms with Crippen molar-refractivity contribution in [1.29, 1.82) is 0 Å². The fourth-order valence-electron chi connectivity index (χ4n) is 3.46. The molecule has 7 heteroatoms. The maximum Gasteiger partial charge on any atom is 0.287 e. The zero-order chi connectivity index (χ0) is 20.8. The lowest BCUT2D eigenvalue weighted by Gasteiger charge is -2.17. The minimum absolute atomic E-state index is 0.206. The second-order valence-corrected chi connectivity index (χ2v) is 7.81. The molecule has 7 nitrogen and oxygen atoms in total. The fourth-order valence-corrected chi connectivity index (χ4v) is 3.46. The van der Waals surface area contributed by atoms with Gasteiger partial charge in [0, 0.05) is 19.6 Å². The number of nitrogens with zero attached hydrogens (tertiary/aromatic N) is 2. The van der Waals surface area contributed by atoms with Crippen LogP contribution in [0.4, 0.5) is 0 Å². The first-order valence-electron chi connectivity index (χ1n) is 10.3. The van der Waals surface area contributed by atoms with E-state index in [2.05, 4.69) is 29.5 Å². The monoisotopic (exact) mass is 398 g/mol. The summed E-state index contributed by atoms with van der Waals surface area (Å²) >= 11 is 0. The summed E-state index contributed by atoms with van der Waals surface area (Å²) in [6.07, 6.45) is 3.66. The molecule has 2 aromatic rings. The third-order valence-corrected chi connectivity index (χ3v) is 5.16. The smallest absolute Gasteiger partial charge is 0.287 e. The first kappa shape index (κ1) is 20.9. The van der Waals surface area contributed by atoms with Crippen molar-refractivity contribution < 1.29 is 14.3 Å². The number of aromatic nitrogens is 2. The van der Waals surface area contributed by atoms with Gasteiger partial charge in [-0.05, 0) is 49.3 Å². The molecule has 1 aromatic carbocycles. The van der Waals surface area contributed by atoms with Gasteiger partial charge in [-0.2, -0.15) is 0 Å². The Morgan fingerprint density at radius 3 is 2.59 bits per heavy atom. The number of carbonyl (C=O) groups is 2. The minimum Gasteiger partial charge on any atom is -0.497 e. The number of amides is 2. The van der Waals surface area contributed by atoms with Crippen LogP contribution < -0.4 is 15.4 Å². The van der Waals surface area contributed by atoms with Gasteiger partial charge in [0.25, 0.3) is 11.8 Å². The van der Waals surface area contributed by atoms with Crippen molar-refractivity contribution in [2.24, 2.45) is 5.92 Å². The van der Waals surface area contributed by atoms with Crippen molar-refractivity contribution in [2.75, 3.05) is 13.7 Å².